The number of carbonyl (C=O) groups is 1. The largest absolute Gasteiger partial charge is 0.352 e. The van der Waals surface area contributed by atoms with Crippen LogP contribution in [0, 0.1) is 17.3 Å². The number of halogens is 1. The predicted molar refractivity (Wildman–Crippen MR) is 113 cm³/mol. The Hall–Kier alpha value is -1.42. The van der Waals surface area contributed by atoms with E-state index in [1.54, 1.807) is 0 Å². The smallest absolute Gasteiger partial charge is 0.220 e. The molecule has 4 aliphatic rings. The maximum atomic E-state index is 14.3. The van der Waals surface area contributed by atoms with Crippen LogP contribution in [0.3, 0.4) is 0 Å². The second kappa shape index (κ2) is 7.68. The third-order valence-corrected chi connectivity index (χ3v) is 8.60. The maximum absolute atomic E-state index is 14.3. The van der Waals surface area contributed by atoms with Crippen molar-refractivity contribution in [3.63, 3.8) is 0 Å². The van der Waals surface area contributed by atoms with Gasteiger partial charge in [0.2, 0.25) is 5.91 Å². The lowest BCUT2D eigenvalue weighted by Crippen LogP contribution is -2.49. The van der Waals surface area contributed by atoms with Crippen LogP contribution < -0.4 is 10.6 Å². The van der Waals surface area contributed by atoms with E-state index in [1.807, 2.05) is 0 Å². The van der Waals surface area contributed by atoms with E-state index in [4.69, 9.17) is 0 Å². The number of amides is 1. The Morgan fingerprint density at radius 1 is 1.17 bits per heavy atom. The predicted octanol–water partition coefficient (Wildman–Crippen LogP) is 4.51. The second-order valence-corrected chi connectivity index (χ2v) is 10.6. The zero-order valence-corrected chi connectivity index (χ0v) is 17.5. The number of alkyl halides is 1. The van der Waals surface area contributed by atoms with E-state index < -0.39 is 0 Å². The number of nitrogens with one attached hydrogen (secondary N) is 2. The van der Waals surface area contributed by atoms with Crippen LogP contribution in [-0.2, 0) is 10.2 Å². The molecule has 29 heavy (non-hydrogen) atoms. The quantitative estimate of drug-likeness (QED) is 0.740. The molecule has 5 rings (SSSR count). The summed E-state index contributed by atoms with van der Waals surface area (Å²) in [4.78, 5) is 12.7. The maximum Gasteiger partial charge on any atom is 0.220 e. The molecule has 6 atom stereocenters. The van der Waals surface area contributed by atoms with Gasteiger partial charge in [0, 0.05) is 18.5 Å². The molecule has 1 amide bonds. The van der Waals surface area contributed by atoms with Crippen molar-refractivity contribution in [1.29, 1.82) is 0 Å². The van der Waals surface area contributed by atoms with Crippen molar-refractivity contribution in [3.05, 3.63) is 35.9 Å². The third-order valence-electron chi connectivity index (χ3n) is 8.60. The van der Waals surface area contributed by atoms with Crippen molar-refractivity contribution >= 4 is 5.91 Å². The Morgan fingerprint density at radius 2 is 2.03 bits per heavy atom. The first-order valence-electron chi connectivity index (χ1n) is 11.7. The molecular weight excluding hydrogens is 363 g/mol. The van der Waals surface area contributed by atoms with E-state index in [0.717, 1.165) is 63.8 Å². The molecular formula is C25H35FN2O. The third kappa shape index (κ3) is 3.73. The minimum absolute atomic E-state index is 0.111. The lowest BCUT2D eigenvalue weighted by molar-refractivity contribution is -0.122. The number of hydrogen-bond donors (Lipinski definition) is 2. The highest BCUT2D eigenvalue weighted by Crippen LogP contribution is 2.59. The summed E-state index contributed by atoms with van der Waals surface area (Å²) >= 11 is 0. The minimum Gasteiger partial charge on any atom is -0.352 e. The molecule has 0 aromatic heterocycles. The summed E-state index contributed by atoms with van der Waals surface area (Å²) in [6.07, 6.45) is 10.2. The summed E-state index contributed by atoms with van der Waals surface area (Å²) in [5.74, 6) is 1.39. The Kier molecular flexibility index (Phi) is 5.18. The highest BCUT2D eigenvalue weighted by atomic mass is 19.1. The van der Waals surface area contributed by atoms with Crippen LogP contribution in [-0.4, -0.2) is 31.2 Å². The average Bonchev–Trinajstić information content (AvgIpc) is 3.36. The van der Waals surface area contributed by atoms with Crippen LogP contribution in [0.5, 0.6) is 0 Å². The lowest BCUT2D eigenvalue weighted by atomic mass is 9.50. The van der Waals surface area contributed by atoms with Crippen LogP contribution in [0.2, 0.25) is 0 Å². The first kappa shape index (κ1) is 19.5. The molecule has 2 N–H and O–H groups in total. The zero-order valence-electron chi connectivity index (χ0n) is 17.5. The minimum atomic E-state index is -0.207. The fourth-order valence-electron chi connectivity index (χ4n) is 7.44. The number of piperidine rings is 1. The SMILES string of the molecule is O=C(CCC1C[C@@]2(CF)CCC[C@@](c3ccccc3)(C1)C2)NC1CC2CNC1C2. The molecule has 158 valence electrons. The van der Waals surface area contributed by atoms with Gasteiger partial charge in [0.15, 0.2) is 0 Å². The van der Waals surface area contributed by atoms with E-state index in [1.165, 1.54) is 12.0 Å². The molecule has 0 radical (unpaired) electrons. The second-order valence-electron chi connectivity index (χ2n) is 10.6. The van der Waals surface area contributed by atoms with Gasteiger partial charge in [0.1, 0.15) is 0 Å². The molecule has 4 unspecified atom stereocenters. The average molecular weight is 399 g/mol. The van der Waals surface area contributed by atoms with Gasteiger partial charge in [-0.2, -0.15) is 0 Å². The summed E-state index contributed by atoms with van der Waals surface area (Å²) in [5, 5.41) is 6.81. The van der Waals surface area contributed by atoms with Crippen molar-refractivity contribution in [2.45, 2.75) is 81.7 Å². The van der Waals surface area contributed by atoms with E-state index in [9.17, 15) is 9.18 Å². The first-order valence-corrected chi connectivity index (χ1v) is 11.7. The van der Waals surface area contributed by atoms with Gasteiger partial charge in [0.05, 0.1) is 6.67 Å². The fourth-order valence-corrected chi connectivity index (χ4v) is 7.44. The zero-order chi connectivity index (χ0) is 19.9. The van der Waals surface area contributed by atoms with Crippen LogP contribution in [0.15, 0.2) is 30.3 Å². The van der Waals surface area contributed by atoms with Gasteiger partial charge in [-0.3, -0.25) is 9.18 Å². The van der Waals surface area contributed by atoms with E-state index in [-0.39, 0.29) is 23.4 Å². The van der Waals surface area contributed by atoms with Crippen LogP contribution >= 0.6 is 0 Å². The molecule has 1 aliphatic heterocycles. The molecule has 3 aliphatic carbocycles. The van der Waals surface area contributed by atoms with Gasteiger partial charge in [-0.25, -0.2) is 0 Å². The van der Waals surface area contributed by atoms with Crippen molar-refractivity contribution < 1.29 is 9.18 Å². The van der Waals surface area contributed by atoms with Gasteiger partial charge in [-0.05, 0) is 86.1 Å². The molecule has 1 heterocycles. The standard InChI is InChI=1S/C25H35FN2O/c26-17-24-9-4-10-25(16-24,20-5-2-1-3-6-20)14-18(13-24)7-8-23(29)28-22-12-19-11-21(22)27-15-19/h1-3,5-6,18-19,21-22,27H,4,7-17H2,(H,28,29)/t18?,19?,21?,22?,24-,25+/m0/s1. The highest BCUT2D eigenvalue weighted by molar-refractivity contribution is 5.76. The molecule has 3 nitrogen and oxygen atoms in total. The van der Waals surface area contributed by atoms with E-state index >= 15 is 0 Å². The Balaban J connectivity index is 1.24. The topological polar surface area (TPSA) is 41.1 Å². The summed E-state index contributed by atoms with van der Waals surface area (Å²) in [6.45, 7) is 0.910. The Bertz CT molecular complexity index is 740. The van der Waals surface area contributed by atoms with Gasteiger partial charge in [-0.15, -0.1) is 0 Å². The summed E-state index contributed by atoms with van der Waals surface area (Å²) in [6, 6.07) is 11.6. The molecule has 4 fully saturated rings. The summed E-state index contributed by atoms with van der Waals surface area (Å²) in [5.41, 5.74) is 1.33. The van der Waals surface area contributed by atoms with E-state index in [2.05, 4.69) is 41.0 Å². The highest BCUT2D eigenvalue weighted by Gasteiger charge is 2.51. The van der Waals surface area contributed by atoms with Crippen molar-refractivity contribution in [2.24, 2.45) is 17.3 Å². The summed E-state index contributed by atoms with van der Waals surface area (Å²) in [7, 11) is 0. The first-order chi connectivity index (χ1) is 14.1. The molecule has 1 aromatic rings. The molecule has 4 heteroatoms. The number of fused-ring (bicyclic) bond motifs is 4. The number of hydrogen-bond acceptors (Lipinski definition) is 2. The van der Waals surface area contributed by atoms with E-state index in [0.29, 0.717) is 24.4 Å². The van der Waals surface area contributed by atoms with Crippen LogP contribution in [0.4, 0.5) is 4.39 Å². The van der Waals surface area contributed by atoms with Crippen molar-refractivity contribution in [3.8, 4) is 0 Å². The fraction of sp³-hybridized carbons (Fsp3) is 0.720. The number of benzene rings is 1. The lowest BCUT2D eigenvalue weighted by Gasteiger charge is -2.54. The Labute approximate surface area is 174 Å². The number of carbonyl (C=O) groups excluding carboxylic acids is 1. The molecule has 4 bridgehead atoms. The van der Waals surface area contributed by atoms with Crippen LogP contribution in [0.25, 0.3) is 0 Å². The van der Waals surface area contributed by atoms with Gasteiger partial charge in [-0.1, -0.05) is 36.8 Å². The van der Waals surface area contributed by atoms with Gasteiger partial charge < -0.3 is 10.6 Å². The van der Waals surface area contributed by atoms with Gasteiger partial charge >= 0.3 is 0 Å². The van der Waals surface area contributed by atoms with Crippen molar-refractivity contribution in [2.75, 3.05) is 13.2 Å². The number of rotatable bonds is 6. The molecule has 1 aromatic carbocycles. The normalized spacial score (nSPS) is 40.7. The van der Waals surface area contributed by atoms with Gasteiger partial charge in [0.25, 0.3) is 0 Å². The molecule has 1 saturated heterocycles. The molecule has 3 saturated carbocycles. The Morgan fingerprint density at radius 3 is 2.76 bits per heavy atom. The molecule has 0 spiro atoms. The monoisotopic (exact) mass is 398 g/mol. The summed E-state index contributed by atoms with van der Waals surface area (Å²) < 4.78 is 14.3. The van der Waals surface area contributed by atoms with Crippen LogP contribution in [0.1, 0.15) is 69.8 Å². The van der Waals surface area contributed by atoms with Crippen molar-refractivity contribution in [1.82, 2.24) is 10.6 Å².